The topological polar surface area (TPSA) is 39.2 Å². The van der Waals surface area contributed by atoms with E-state index < -0.39 is 0 Å². The van der Waals surface area contributed by atoms with Gasteiger partial charge >= 0.3 is 5.97 Å². The minimum absolute atomic E-state index is 0.112. The van der Waals surface area contributed by atoms with Crippen molar-refractivity contribution in [2.24, 2.45) is 0 Å². The van der Waals surface area contributed by atoms with Gasteiger partial charge in [-0.15, -0.1) is 0 Å². The Hall–Kier alpha value is -1.90. The normalized spacial score (nSPS) is 10.7. The van der Waals surface area contributed by atoms with Gasteiger partial charge in [0.2, 0.25) is 0 Å². The molecule has 0 unspecified atom stereocenters. The Kier molecular flexibility index (Phi) is 2.86. The van der Waals surface area contributed by atoms with Crippen LogP contribution in [0.4, 0.5) is 0 Å². The second-order valence-corrected chi connectivity index (χ2v) is 3.83. The summed E-state index contributed by atoms with van der Waals surface area (Å²) < 4.78 is 5.18. The van der Waals surface area contributed by atoms with E-state index in [1.807, 2.05) is 38.1 Å². The van der Waals surface area contributed by atoms with Gasteiger partial charge in [-0.2, -0.15) is 0 Å². The molecule has 1 aromatic carbocycles. The zero-order valence-corrected chi connectivity index (χ0v) is 9.31. The van der Waals surface area contributed by atoms with E-state index in [0.29, 0.717) is 5.56 Å². The SMILES string of the molecule is CC(C)OC(=O)c1ccnc2ccccc12. The molecular weight excluding hydrogens is 202 g/mol. The lowest BCUT2D eigenvalue weighted by Gasteiger charge is -2.09. The van der Waals surface area contributed by atoms with Crippen LogP contribution in [0.5, 0.6) is 0 Å². The van der Waals surface area contributed by atoms with E-state index in [2.05, 4.69) is 4.98 Å². The molecule has 0 aliphatic heterocycles. The molecule has 3 nitrogen and oxygen atoms in total. The molecule has 2 aromatic rings. The average Bonchev–Trinajstić information content (AvgIpc) is 2.27. The third-order valence-electron chi connectivity index (χ3n) is 2.21. The quantitative estimate of drug-likeness (QED) is 0.723. The molecule has 0 amide bonds. The minimum Gasteiger partial charge on any atom is -0.459 e. The summed E-state index contributed by atoms with van der Waals surface area (Å²) in [5.41, 5.74) is 1.38. The number of para-hydroxylation sites is 1. The Labute approximate surface area is 94.1 Å². The third kappa shape index (κ3) is 2.03. The molecule has 0 spiro atoms. The predicted molar refractivity (Wildman–Crippen MR) is 62.3 cm³/mol. The van der Waals surface area contributed by atoms with E-state index in [-0.39, 0.29) is 12.1 Å². The van der Waals surface area contributed by atoms with E-state index in [1.54, 1.807) is 12.3 Å². The van der Waals surface area contributed by atoms with Gasteiger partial charge < -0.3 is 4.74 Å². The van der Waals surface area contributed by atoms with Crippen molar-refractivity contribution in [3.8, 4) is 0 Å². The van der Waals surface area contributed by atoms with Crippen LogP contribution in [-0.4, -0.2) is 17.1 Å². The number of fused-ring (bicyclic) bond motifs is 1. The molecule has 3 heteroatoms. The molecule has 2 rings (SSSR count). The highest BCUT2D eigenvalue weighted by molar-refractivity contribution is 6.03. The first-order chi connectivity index (χ1) is 7.68. The Balaban J connectivity index is 2.48. The first-order valence-electron chi connectivity index (χ1n) is 5.23. The van der Waals surface area contributed by atoms with Crippen LogP contribution in [0.25, 0.3) is 10.9 Å². The van der Waals surface area contributed by atoms with Crippen LogP contribution in [0.1, 0.15) is 24.2 Å². The highest BCUT2D eigenvalue weighted by Gasteiger charge is 2.12. The summed E-state index contributed by atoms with van der Waals surface area (Å²) >= 11 is 0. The second-order valence-electron chi connectivity index (χ2n) is 3.83. The number of ether oxygens (including phenoxy) is 1. The number of nitrogens with zero attached hydrogens (tertiary/aromatic N) is 1. The van der Waals surface area contributed by atoms with Crippen molar-refractivity contribution >= 4 is 16.9 Å². The number of hydrogen-bond donors (Lipinski definition) is 0. The van der Waals surface area contributed by atoms with Crippen molar-refractivity contribution in [1.82, 2.24) is 4.98 Å². The molecule has 1 aromatic heterocycles. The van der Waals surface area contributed by atoms with Crippen LogP contribution in [0.15, 0.2) is 36.5 Å². The highest BCUT2D eigenvalue weighted by atomic mass is 16.5. The average molecular weight is 215 g/mol. The highest BCUT2D eigenvalue weighted by Crippen LogP contribution is 2.17. The van der Waals surface area contributed by atoms with Crippen LogP contribution in [0.3, 0.4) is 0 Å². The van der Waals surface area contributed by atoms with Crippen LogP contribution in [0, 0.1) is 0 Å². The van der Waals surface area contributed by atoms with Crippen molar-refractivity contribution in [2.75, 3.05) is 0 Å². The van der Waals surface area contributed by atoms with Crippen LogP contribution in [-0.2, 0) is 4.74 Å². The molecule has 0 aliphatic carbocycles. The number of pyridine rings is 1. The van der Waals surface area contributed by atoms with E-state index in [1.165, 1.54) is 0 Å². The monoisotopic (exact) mass is 215 g/mol. The molecule has 0 bridgehead atoms. The van der Waals surface area contributed by atoms with Gasteiger partial charge in [-0.3, -0.25) is 4.98 Å². The van der Waals surface area contributed by atoms with Crippen molar-refractivity contribution < 1.29 is 9.53 Å². The maximum atomic E-state index is 11.8. The third-order valence-corrected chi connectivity index (χ3v) is 2.21. The number of carbonyl (C=O) groups is 1. The van der Waals surface area contributed by atoms with Gasteiger partial charge in [-0.1, -0.05) is 18.2 Å². The molecule has 82 valence electrons. The first-order valence-corrected chi connectivity index (χ1v) is 5.23. The summed E-state index contributed by atoms with van der Waals surface area (Å²) in [4.78, 5) is 16.0. The Morgan fingerprint density at radius 3 is 2.75 bits per heavy atom. The van der Waals surface area contributed by atoms with E-state index >= 15 is 0 Å². The molecule has 1 heterocycles. The zero-order chi connectivity index (χ0) is 11.5. The molecule has 0 atom stereocenters. The van der Waals surface area contributed by atoms with Crippen molar-refractivity contribution in [3.05, 3.63) is 42.1 Å². The summed E-state index contributed by atoms with van der Waals surface area (Å²) in [7, 11) is 0. The van der Waals surface area contributed by atoms with Gasteiger partial charge in [-0.05, 0) is 26.0 Å². The standard InChI is InChI=1S/C13H13NO2/c1-9(2)16-13(15)11-7-8-14-12-6-4-3-5-10(11)12/h3-9H,1-2H3. The van der Waals surface area contributed by atoms with Gasteiger partial charge in [0.05, 0.1) is 17.2 Å². The lowest BCUT2D eigenvalue weighted by molar-refractivity contribution is 0.0380. The van der Waals surface area contributed by atoms with Gasteiger partial charge in [0.25, 0.3) is 0 Å². The van der Waals surface area contributed by atoms with Gasteiger partial charge in [0.15, 0.2) is 0 Å². The molecule has 16 heavy (non-hydrogen) atoms. The molecule has 0 N–H and O–H groups in total. The van der Waals surface area contributed by atoms with Crippen molar-refractivity contribution in [2.45, 2.75) is 20.0 Å². The van der Waals surface area contributed by atoms with E-state index in [0.717, 1.165) is 10.9 Å². The van der Waals surface area contributed by atoms with E-state index in [9.17, 15) is 4.79 Å². The Morgan fingerprint density at radius 2 is 2.00 bits per heavy atom. The maximum absolute atomic E-state index is 11.8. The summed E-state index contributed by atoms with van der Waals surface area (Å²) in [6.07, 6.45) is 1.51. The predicted octanol–water partition coefficient (Wildman–Crippen LogP) is 2.80. The fourth-order valence-electron chi connectivity index (χ4n) is 1.55. The number of aromatic nitrogens is 1. The van der Waals surface area contributed by atoms with Crippen LogP contribution < -0.4 is 0 Å². The number of benzene rings is 1. The number of rotatable bonds is 2. The molecule has 0 radical (unpaired) electrons. The number of hydrogen-bond acceptors (Lipinski definition) is 3. The lowest BCUT2D eigenvalue weighted by atomic mass is 10.1. The molecule has 0 saturated carbocycles. The summed E-state index contributed by atoms with van der Waals surface area (Å²) in [6.45, 7) is 3.67. The molecule has 0 aliphatic rings. The van der Waals surface area contributed by atoms with Crippen LogP contribution >= 0.6 is 0 Å². The molecule has 0 saturated heterocycles. The Morgan fingerprint density at radius 1 is 1.25 bits per heavy atom. The first kappa shape index (κ1) is 10.6. The fourth-order valence-corrected chi connectivity index (χ4v) is 1.55. The lowest BCUT2D eigenvalue weighted by Crippen LogP contribution is -2.12. The maximum Gasteiger partial charge on any atom is 0.339 e. The van der Waals surface area contributed by atoms with Crippen LogP contribution in [0.2, 0.25) is 0 Å². The largest absolute Gasteiger partial charge is 0.459 e. The molecular formula is C13H13NO2. The van der Waals surface area contributed by atoms with Gasteiger partial charge in [0.1, 0.15) is 0 Å². The van der Waals surface area contributed by atoms with Crippen molar-refractivity contribution in [1.29, 1.82) is 0 Å². The Bertz CT molecular complexity index is 515. The minimum atomic E-state index is -0.298. The second kappa shape index (κ2) is 4.31. The van der Waals surface area contributed by atoms with Crippen molar-refractivity contribution in [3.63, 3.8) is 0 Å². The summed E-state index contributed by atoms with van der Waals surface area (Å²) in [5.74, 6) is -0.298. The summed E-state index contributed by atoms with van der Waals surface area (Å²) in [6, 6.07) is 9.22. The van der Waals surface area contributed by atoms with Gasteiger partial charge in [-0.25, -0.2) is 4.79 Å². The summed E-state index contributed by atoms with van der Waals surface area (Å²) in [5, 5.41) is 0.829. The zero-order valence-electron chi connectivity index (χ0n) is 9.31. The number of esters is 1. The number of carbonyl (C=O) groups excluding carboxylic acids is 1. The molecule has 0 fully saturated rings. The smallest absolute Gasteiger partial charge is 0.339 e. The van der Waals surface area contributed by atoms with Gasteiger partial charge in [0, 0.05) is 11.6 Å². The fraction of sp³-hybridized carbons (Fsp3) is 0.231. The van der Waals surface area contributed by atoms with E-state index in [4.69, 9.17) is 4.74 Å².